The third-order valence-electron chi connectivity index (χ3n) is 3.53. The molecule has 0 aliphatic heterocycles. The number of amides is 1. The second kappa shape index (κ2) is 5.83. The molecule has 0 fully saturated rings. The largest absolute Gasteiger partial charge is 0.507 e. The van der Waals surface area contributed by atoms with E-state index in [4.69, 9.17) is 0 Å². The van der Waals surface area contributed by atoms with Crippen molar-refractivity contribution in [3.8, 4) is 5.75 Å². The number of aromatic hydroxyl groups is 1. The number of aryl methyl sites for hydroxylation is 2. The highest BCUT2D eigenvalue weighted by Gasteiger charge is 2.14. The maximum Gasteiger partial charge on any atom is 0.259 e. The molecule has 5 heteroatoms. The van der Waals surface area contributed by atoms with Gasteiger partial charge in [-0.2, -0.15) is 0 Å². The first-order chi connectivity index (χ1) is 9.93. The maximum absolute atomic E-state index is 12.2. The average Bonchev–Trinajstić information content (AvgIpc) is 2.46. The first kappa shape index (κ1) is 14.8. The predicted molar refractivity (Wildman–Crippen MR) is 81.9 cm³/mol. The molecule has 0 aliphatic carbocycles. The van der Waals surface area contributed by atoms with Crippen LogP contribution in [0.2, 0.25) is 0 Å². The molecule has 1 amide bonds. The summed E-state index contributed by atoms with van der Waals surface area (Å²) in [7, 11) is 0. The third-order valence-corrected chi connectivity index (χ3v) is 3.53. The number of carbonyl (C=O) groups is 1. The molecular weight excluding hydrogens is 268 g/mol. The molecule has 1 aromatic carbocycles. The van der Waals surface area contributed by atoms with Crippen LogP contribution in [0.3, 0.4) is 0 Å². The van der Waals surface area contributed by atoms with Crippen LogP contribution in [-0.4, -0.2) is 15.6 Å². The Bertz CT molecular complexity index is 748. The van der Waals surface area contributed by atoms with E-state index in [2.05, 4.69) is 5.32 Å². The van der Waals surface area contributed by atoms with Gasteiger partial charge in [0.05, 0.1) is 11.3 Å². The number of pyridine rings is 1. The highest BCUT2D eigenvalue weighted by Crippen LogP contribution is 2.25. The van der Waals surface area contributed by atoms with E-state index in [9.17, 15) is 14.7 Å². The van der Waals surface area contributed by atoms with Crippen molar-refractivity contribution < 1.29 is 9.90 Å². The first-order valence-corrected chi connectivity index (χ1v) is 6.75. The zero-order valence-corrected chi connectivity index (χ0v) is 12.3. The molecule has 1 heterocycles. The molecule has 0 saturated heterocycles. The van der Waals surface area contributed by atoms with Crippen molar-refractivity contribution in [2.75, 3.05) is 5.32 Å². The van der Waals surface area contributed by atoms with Gasteiger partial charge in [0.2, 0.25) is 0 Å². The van der Waals surface area contributed by atoms with Crippen molar-refractivity contribution in [3.63, 3.8) is 0 Å². The van der Waals surface area contributed by atoms with E-state index in [0.29, 0.717) is 17.8 Å². The van der Waals surface area contributed by atoms with E-state index in [-0.39, 0.29) is 16.9 Å². The molecule has 2 rings (SSSR count). The van der Waals surface area contributed by atoms with Crippen LogP contribution in [0.1, 0.15) is 28.4 Å². The van der Waals surface area contributed by atoms with Crippen LogP contribution in [-0.2, 0) is 6.54 Å². The van der Waals surface area contributed by atoms with Gasteiger partial charge in [0, 0.05) is 18.8 Å². The highest BCUT2D eigenvalue weighted by atomic mass is 16.3. The van der Waals surface area contributed by atoms with Gasteiger partial charge in [0.15, 0.2) is 0 Å². The Hall–Kier alpha value is -2.56. The Kier molecular flexibility index (Phi) is 4.12. The van der Waals surface area contributed by atoms with Gasteiger partial charge < -0.3 is 15.0 Å². The van der Waals surface area contributed by atoms with Crippen molar-refractivity contribution in [3.05, 3.63) is 57.5 Å². The standard InChI is InChI=1S/C16H18N2O3/c1-4-18-9-12(6-8-14(18)19)17-16(21)13-7-5-10(2)11(3)15(13)20/h5-9,20H,4H2,1-3H3,(H,17,21). The van der Waals surface area contributed by atoms with E-state index >= 15 is 0 Å². The number of hydrogen-bond acceptors (Lipinski definition) is 3. The number of nitrogens with one attached hydrogen (secondary N) is 1. The van der Waals surface area contributed by atoms with Crippen LogP contribution in [0, 0.1) is 13.8 Å². The van der Waals surface area contributed by atoms with Gasteiger partial charge in [-0.25, -0.2) is 0 Å². The molecule has 1 aromatic heterocycles. The SMILES string of the molecule is CCn1cc(NC(=O)c2ccc(C)c(C)c2O)ccc1=O. The number of anilines is 1. The molecule has 110 valence electrons. The molecule has 21 heavy (non-hydrogen) atoms. The molecule has 0 aliphatic rings. The molecule has 0 radical (unpaired) electrons. The number of phenolic OH excluding ortho intramolecular Hbond substituents is 1. The number of hydrogen-bond donors (Lipinski definition) is 2. The molecule has 0 bridgehead atoms. The summed E-state index contributed by atoms with van der Waals surface area (Å²) in [6.45, 7) is 6.01. The Balaban J connectivity index is 2.30. The second-order valence-electron chi connectivity index (χ2n) is 4.90. The number of phenols is 1. The van der Waals surface area contributed by atoms with Crippen LogP contribution in [0.5, 0.6) is 5.75 Å². The van der Waals surface area contributed by atoms with Crippen molar-refractivity contribution in [1.29, 1.82) is 0 Å². The molecular formula is C16H18N2O3. The smallest absolute Gasteiger partial charge is 0.259 e. The highest BCUT2D eigenvalue weighted by molar-refractivity contribution is 6.06. The zero-order chi connectivity index (χ0) is 15.6. The number of rotatable bonds is 3. The minimum Gasteiger partial charge on any atom is -0.507 e. The maximum atomic E-state index is 12.2. The van der Waals surface area contributed by atoms with Crippen molar-refractivity contribution >= 4 is 11.6 Å². The Morgan fingerprint density at radius 3 is 2.62 bits per heavy atom. The van der Waals surface area contributed by atoms with Gasteiger partial charge >= 0.3 is 0 Å². The molecule has 0 unspecified atom stereocenters. The van der Waals surface area contributed by atoms with Crippen LogP contribution in [0.15, 0.2) is 35.3 Å². The Labute approximate surface area is 122 Å². The summed E-state index contributed by atoms with van der Waals surface area (Å²) in [5, 5.41) is 12.7. The Morgan fingerprint density at radius 2 is 1.95 bits per heavy atom. The van der Waals surface area contributed by atoms with Gasteiger partial charge in [-0.1, -0.05) is 6.07 Å². The van der Waals surface area contributed by atoms with Crippen LogP contribution in [0.4, 0.5) is 5.69 Å². The van der Waals surface area contributed by atoms with E-state index in [0.717, 1.165) is 5.56 Å². The van der Waals surface area contributed by atoms with Crippen LogP contribution < -0.4 is 10.9 Å². The fourth-order valence-corrected chi connectivity index (χ4v) is 2.04. The lowest BCUT2D eigenvalue weighted by molar-refractivity contribution is 0.102. The average molecular weight is 286 g/mol. The summed E-state index contributed by atoms with van der Waals surface area (Å²) in [6, 6.07) is 6.32. The van der Waals surface area contributed by atoms with Gasteiger partial charge in [-0.3, -0.25) is 9.59 Å². The van der Waals surface area contributed by atoms with Gasteiger partial charge in [-0.15, -0.1) is 0 Å². The predicted octanol–water partition coefficient (Wildman–Crippen LogP) is 2.44. The minimum atomic E-state index is -0.406. The summed E-state index contributed by atoms with van der Waals surface area (Å²) in [5.74, 6) is -0.423. The topological polar surface area (TPSA) is 71.3 Å². The van der Waals surface area contributed by atoms with Gasteiger partial charge in [-0.05, 0) is 44.0 Å². The van der Waals surface area contributed by atoms with Gasteiger partial charge in [0.1, 0.15) is 5.75 Å². The summed E-state index contributed by atoms with van der Waals surface area (Å²) >= 11 is 0. The molecule has 2 aromatic rings. The summed E-state index contributed by atoms with van der Waals surface area (Å²) in [5.41, 5.74) is 2.21. The third kappa shape index (κ3) is 2.97. The summed E-state index contributed by atoms with van der Waals surface area (Å²) in [4.78, 5) is 23.7. The zero-order valence-electron chi connectivity index (χ0n) is 12.3. The van der Waals surface area contributed by atoms with Crippen LogP contribution >= 0.6 is 0 Å². The molecule has 2 N–H and O–H groups in total. The van der Waals surface area contributed by atoms with Crippen molar-refractivity contribution in [1.82, 2.24) is 4.57 Å². The fourth-order valence-electron chi connectivity index (χ4n) is 2.04. The molecule has 0 spiro atoms. The quantitative estimate of drug-likeness (QED) is 0.910. The number of benzene rings is 1. The van der Waals surface area contributed by atoms with Crippen molar-refractivity contribution in [2.45, 2.75) is 27.3 Å². The van der Waals surface area contributed by atoms with Crippen LogP contribution in [0.25, 0.3) is 0 Å². The lowest BCUT2D eigenvalue weighted by Crippen LogP contribution is -2.20. The summed E-state index contributed by atoms with van der Waals surface area (Å²) < 4.78 is 1.50. The number of carbonyl (C=O) groups excluding carboxylic acids is 1. The fraction of sp³-hybridized carbons (Fsp3) is 0.250. The Morgan fingerprint density at radius 1 is 1.24 bits per heavy atom. The van der Waals surface area contributed by atoms with Crippen molar-refractivity contribution in [2.24, 2.45) is 0 Å². The van der Waals surface area contributed by atoms with E-state index in [1.807, 2.05) is 13.8 Å². The minimum absolute atomic E-state index is 0.0173. The molecule has 0 saturated carbocycles. The lowest BCUT2D eigenvalue weighted by atomic mass is 10.0. The second-order valence-corrected chi connectivity index (χ2v) is 4.90. The molecule has 5 nitrogen and oxygen atoms in total. The van der Waals surface area contributed by atoms with E-state index in [1.54, 1.807) is 31.3 Å². The molecule has 0 atom stereocenters. The normalized spacial score (nSPS) is 10.4. The van der Waals surface area contributed by atoms with E-state index in [1.165, 1.54) is 10.6 Å². The van der Waals surface area contributed by atoms with Gasteiger partial charge in [0.25, 0.3) is 11.5 Å². The summed E-state index contributed by atoms with van der Waals surface area (Å²) in [6.07, 6.45) is 1.58. The first-order valence-electron chi connectivity index (χ1n) is 6.75. The number of nitrogens with zero attached hydrogens (tertiary/aromatic N) is 1. The van der Waals surface area contributed by atoms with E-state index < -0.39 is 5.91 Å². The monoisotopic (exact) mass is 286 g/mol. The lowest BCUT2D eigenvalue weighted by Gasteiger charge is -2.11. The number of aromatic nitrogens is 1.